The molecule has 3 rings (SSSR count). The van der Waals surface area contributed by atoms with Crippen molar-refractivity contribution in [1.29, 1.82) is 0 Å². The summed E-state index contributed by atoms with van der Waals surface area (Å²) in [6.07, 6.45) is 4.77. The van der Waals surface area contributed by atoms with E-state index in [1.807, 2.05) is 54.8 Å². The van der Waals surface area contributed by atoms with Crippen molar-refractivity contribution >= 4 is 17.7 Å². The molecule has 0 spiro atoms. The average Bonchev–Trinajstić information content (AvgIpc) is 2.72. The molecule has 2 aromatic carbocycles. The van der Waals surface area contributed by atoms with Crippen LogP contribution in [0.2, 0.25) is 0 Å². The number of hydrogen-bond acceptors (Lipinski definition) is 6. The molecule has 2 N–H and O–H groups in total. The highest BCUT2D eigenvalue weighted by Gasteiger charge is 2.17. The number of nitrogens with zero attached hydrogens (tertiary/aromatic N) is 2. The third-order valence-electron chi connectivity index (χ3n) is 4.29. The van der Waals surface area contributed by atoms with Crippen molar-refractivity contribution < 1.29 is 14.6 Å². The Morgan fingerprint density at radius 3 is 2.66 bits per heavy atom. The lowest BCUT2D eigenvalue weighted by Crippen LogP contribution is -2.24. The summed E-state index contributed by atoms with van der Waals surface area (Å²) in [5, 5.41) is 12.9. The van der Waals surface area contributed by atoms with E-state index in [1.165, 1.54) is 12.5 Å². The second-order valence-corrected chi connectivity index (χ2v) is 7.84. The Morgan fingerprint density at radius 1 is 1.21 bits per heavy atom. The number of carbonyl (C=O) groups excluding carboxylic acids is 1. The van der Waals surface area contributed by atoms with Gasteiger partial charge in [-0.1, -0.05) is 30.3 Å². The van der Waals surface area contributed by atoms with Gasteiger partial charge in [-0.15, -0.1) is 11.8 Å². The second kappa shape index (κ2) is 9.07. The molecule has 6 nitrogen and oxygen atoms in total. The predicted octanol–water partition coefficient (Wildman–Crippen LogP) is 4.15. The Morgan fingerprint density at radius 2 is 1.97 bits per heavy atom. The summed E-state index contributed by atoms with van der Waals surface area (Å²) in [4.78, 5) is 21.8. The Balaban J connectivity index is 1.69. The fourth-order valence-corrected chi connectivity index (χ4v) is 3.09. The Labute approximate surface area is 174 Å². The molecule has 0 saturated heterocycles. The minimum Gasteiger partial charge on any atom is -0.438 e. The lowest BCUT2D eigenvalue weighted by molar-refractivity contribution is 0.0785. The van der Waals surface area contributed by atoms with E-state index in [0.717, 1.165) is 16.0 Å². The van der Waals surface area contributed by atoms with Gasteiger partial charge >= 0.3 is 0 Å². The molecule has 1 amide bonds. The Kier molecular flexibility index (Phi) is 6.51. The molecule has 7 heteroatoms. The van der Waals surface area contributed by atoms with E-state index < -0.39 is 5.60 Å². The van der Waals surface area contributed by atoms with E-state index in [1.54, 1.807) is 25.6 Å². The third kappa shape index (κ3) is 5.56. The highest BCUT2D eigenvalue weighted by molar-refractivity contribution is 7.98. The van der Waals surface area contributed by atoms with Crippen molar-refractivity contribution in [2.45, 2.75) is 30.9 Å². The van der Waals surface area contributed by atoms with Crippen LogP contribution in [0, 0.1) is 0 Å². The zero-order valence-corrected chi connectivity index (χ0v) is 17.4. The summed E-state index contributed by atoms with van der Waals surface area (Å²) in [6, 6.07) is 15.0. The van der Waals surface area contributed by atoms with Gasteiger partial charge in [-0.05, 0) is 49.4 Å². The van der Waals surface area contributed by atoms with Crippen molar-refractivity contribution in [2.24, 2.45) is 0 Å². The smallest absolute Gasteiger partial charge is 0.258 e. The number of nitrogens with one attached hydrogen (secondary N) is 1. The van der Waals surface area contributed by atoms with Gasteiger partial charge in [0.15, 0.2) is 0 Å². The predicted molar refractivity (Wildman–Crippen MR) is 113 cm³/mol. The van der Waals surface area contributed by atoms with E-state index in [0.29, 0.717) is 12.3 Å². The van der Waals surface area contributed by atoms with Crippen LogP contribution in [-0.4, -0.2) is 27.2 Å². The Bertz CT molecular complexity index is 985. The standard InChI is InChI=1S/C22H23N3O3S/c1-22(2,27)16-9-7-15(8-10-16)12-24-20(26)19-13-23-14-25-21(19)28-17-5-4-6-18(11-17)29-3/h4-11,13-14,27H,12H2,1-3H3,(H,24,26). The van der Waals surface area contributed by atoms with Crippen molar-refractivity contribution in [2.75, 3.05) is 6.26 Å². The third-order valence-corrected chi connectivity index (χ3v) is 5.01. The van der Waals surface area contributed by atoms with Gasteiger partial charge in [-0.3, -0.25) is 4.79 Å². The van der Waals surface area contributed by atoms with Crippen LogP contribution in [0.4, 0.5) is 0 Å². The quantitative estimate of drug-likeness (QED) is 0.571. The maximum absolute atomic E-state index is 12.7. The first-order valence-electron chi connectivity index (χ1n) is 9.09. The molecule has 0 aliphatic heterocycles. The summed E-state index contributed by atoms with van der Waals surface area (Å²) in [7, 11) is 0. The van der Waals surface area contributed by atoms with Crippen molar-refractivity contribution in [3.8, 4) is 11.6 Å². The zero-order chi connectivity index (χ0) is 20.9. The van der Waals surface area contributed by atoms with Gasteiger partial charge in [0.2, 0.25) is 5.88 Å². The van der Waals surface area contributed by atoms with Crippen LogP contribution in [0.15, 0.2) is 66.0 Å². The zero-order valence-electron chi connectivity index (χ0n) is 16.5. The van der Waals surface area contributed by atoms with Crippen LogP contribution < -0.4 is 10.1 Å². The van der Waals surface area contributed by atoms with Gasteiger partial charge in [0.25, 0.3) is 5.91 Å². The number of ether oxygens (including phenoxy) is 1. The number of benzene rings is 2. The van der Waals surface area contributed by atoms with Crippen LogP contribution in [0.25, 0.3) is 0 Å². The lowest BCUT2D eigenvalue weighted by Gasteiger charge is -2.18. The summed E-state index contributed by atoms with van der Waals surface area (Å²) in [5.74, 6) is 0.480. The maximum Gasteiger partial charge on any atom is 0.258 e. The first-order chi connectivity index (χ1) is 13.9. The highest BCUT2D eigenvalue weighted by atomic mass is 32.2. The summed E-state index contributed by atoms with van der Waals surface area (Å²) >= 11 is 1.60. The first kappa shape index (κ1) is 20.8. The number of thioether (sulfide) groups is 1. The van der Waals surface area contributed by atoms with Crippen LogP contribution in [-0.2, 0) is 12.1 Å². The fourth-order valence-electron chi connectivity index (χ4n) is 2.64. The Hall–Kier alpha value is -2.90. The monoisotopic (exact) mass is 409 g/mol. The summed E-state index contributed by atoms with van der Waals surface area (Å²) in [6.45, 7) is 3.80. The average molecular weight is 410 g/mol. The minimum absolute atomic E-state index is 0.202. The van der Waals surface area contributed by atoms with E-state index in [2.05, 4.69) is 15.3 Å². The molecular weight excluding hydrogens is 386 g/mol. The highest BCUT2D eigenvalue weighted by Crippen LogP contribution is 2.26. The SMILES string of the molecule is CSc1cccc(Oc2ncncc2C(=O)NCc2ccc(C(C)(C)O)cc2)c1. The molecule has 1 aromatic heterocycles. The van der Waals surface area contributed by atoms with Crippen LogP contribution in [0.1, 0.15) is 35.3 Å². The minimum atomic E-state index is -0.900. The molecule has 0 aliphatic carbocycles. The topological polar surface area (TPSA) is 84.3 Å². The number of hydrogen-bond donors (Lipinski definition) is 2. The number of carbonyl (C=O) groups is 1. The molecule has 1 heterocycles. The van der Waals surface area contributed by atoms with Crippen molar-refractivity contribution in [1.82, 2.24) is 15.3 Å². The van der Waals surface area contributed by atoms with E-state index in [-0.39, 0.29) is 17.4 Å². The molecule has 0 saturated carbocycles. The number of rotatable bonds is 7. The molecule has 29 heavy (non-hydrogen) atoms. The van der Waals surface area contributed by atoms with Crippen LogP contribution >= 0.6 is 11.8 Å². The van der Waals surface area contributed by atoms with Gasteiger partial charge in [0.1, 0.15) is 17.6 Å². The lowest BCUT2D eigenvalue weighted by atomic mass is 9.97. The van der Waals surface area contributed by atoms with Crippen molar-refractivity contribution in [3.63, 3.8) is 0 Å². The fraction of sp³-hybridized carbons (Fsp3) is 0.227. The molecule has 0 radical (unpaired) electrons. The molecule has 0 unspecified atom stereocenters. The number of aliphatic hydroxyl groups is 1. The molecular formula is C22H23N3O3S. The number of aromatic nitrogens is 2. The van der Waals surface area contributed by atoms with E-state index in [9.17, 15) is 9.90 Å². The van der Waals surface area contributed by atoms with Crippen LogP contribution in [0.5, 0.6) is 11.6 Å². The van der Waals surface area contributed by atoms with Gasteiger partial charge < -0.3 is 15.2 Å². The maximum atomic E-state index is 12.7. The molecule has 150 valence electrons. The molecule has 0 aliphatic rings. The molecule has 0 fully saturated rings. The number of amides is 1. The van der Waals surface area contributed by atoms with E-state index in [4.69, 9.17) is 4.74 Å². The van der Waals surface area contributed by atoms with Crippen LogP contribution in [0.3, 0.4) is 0 Å². The van der Waals surface area contributed by atoms with Crippen molar-refractivity contribution in [3.05, 3.63) is 77.7 Å². The largest absolute Gasteiger partial charge is 0.438 e. The second-order valence-electron chi connectivity index (χ2n) is 6.96. The molecule has 0 atom stereocenters. The summed E-state index contributed by atoms with van der Waals surface area (Å²) < 4.78 is 5.83. The van der Waals surface area contributed by atoms with Gasteiger partial charge in [-0.25, -0.2) is 9.97 Å². The van der Waals surface area contributed by atoms with Gasteiger partial charge in [0, 0.05) is 17.6 Å². The normalized spacial score (nSPS) is 11.2. The first-order valence-corrected chi connectivity index (χ1v) is 10.3. The van der Waals surface area contributed by atoms with E-state index >= 15 is 0 Å². The molecule has 3 aromatic rings. The molecule has 0 bridgehead atoms. The summed E-state index contributed by atoms with van der Waals surface area (Å²) in [5.41, 5.74) is 1.09. The van der Waals surface area contributed by atoms with Gasteiger partial charge in [0.05, 0.1) is 5.60 Å². The van der Waals surface area contributed by atoms with Gasteiger partial charge in [-0.2, -0.15) is 0 Å².